The van der Waals surface area contributed by atoms with Gasteiger partial charge in [0.1, 0.15) is 0 Å². The Morgan fingerprint density at radius 3 is 2.69 bits per heavy atom. The Bertz CT molecular complexity index is 318. The summed E-state index contributed by atoms with van der Waals surface area (Å²) in [6.45, 7) is 2.24. The van der Waals surface area contributed by atoms with Crippen LogP contribution in [0.2, 0.25) is 0 Å². The van der Waals surface area contributed by atoms with Crippen LogP contribution in [0.1, 0.15) is 42.4 Å². The van der Waals surface area contributed by atoms with Crippen LogP contribution in [-0.2, 0) is 12.8 Å². The van der Waals surface area contributed by atoms with E-state index >= 15 is 0 Å². The Kier molecular flexibility index (Phi) is 4.42. The summed E-state index contributed by atoms with van der Waals surface area (Å²) in [5.74, 6) is 0.863. The molecule has 1 nitrogen and oxygen atoms in total. The van der Waals surface area contributed by atoms with Crippen molar-refractivity contribution < 1.29 is 0 Å². The molecule has 1 aromatic rings. The van der Waals surface area contributed by atoms with Gasteiger partial charge in [0.15, 0.2) is 0 Å². The van der Waals surface area contributed by atoms with Crippen LogP contribution in [0.4, 0.5) is 0 Å². The molecule has 0 saturated heterocycles. The van der Waals surface area contributed by atoms with Crippen LogP contribution in [0, 0.1) is 5.92 Å². The predicted octanol–water partition coefficient (Wildman–Crippen LogP) is 3.63. The molecule has 1 heterocycles. The summed E-state index contributed by atoms with van der Waals surface area (Å²) in [7, 11) is 2.12. The lowest BCUT2D eigenvalue weighted by Gasteiger charge is -2.31. The third kappa shape index (κ3) is 2.86. The zero-order chi connectivity index (χ0) is 11.4. The molecule has 16 heavy (non-hydrogen) atoms. The lowest BCUT2D eigenvalue weighted by molar-refractivity contribution is 0.274. The van der Waals surface area contributed by atoms with E-state index in [4.69, 9.17) is 0 Å². The fourth-order valence-electron chi connectivity index (χ4n) is 2.81. The summed E-state index contributed by atoms with van der Waals surface area (Å²) in [6.07, 6.45) is 8.08. The molecule has 1 fully saturated rings. The highest BCUT2D eigenvalue weighted by Gasteiger charge is 2.24. The van der Waals surface area contributed by atoms with E-state index in [0.29, 0.717) is 0 Å². The SMILES string of the molecule is CCc1ccc(CC2CCCCC2NC)s1. The quantitative estimate of drug-likeness (QED) is 0.843. The monoisotopic (exact) mass is 237 g/mol. The minimum atomic E-state index is 0.751. The molecule has 1 aliphatic rings. The number of hydrogen-bond acceptors (Lipinski definition) is 2. The van der Waals surface area contributed by atoms with Crippen molar-refractivity contribution in [2.75, 3.05) is 7.05 Å². The first-order chi connectivity index (χ1) is 7.83. The fourth-order valence-corrected chi connectivity index (χ4v) is 3.86. The van der Waals surface area contributed by atoms with Crippen LogP contribution in [-0.4, -0.2) is 13.1 Å². The Balaban J connectivity index is 1.96. The summed E-state index contributed by atoms with van der Waals surface area (Å²) in [5.41, 5.74) is 0. The molecule has 2 unspecified atom stereocenters. The smallest absolute Gasteiger partial charge is 0.00957 e. The van der Waals surface area contributed by atoms with Crippen molar-refractivity contribution in [2.24, 2.45) is 5.92 Å². The lowest BCUT2D eigenvalue weighted by atomic mass is 9.82. The maximum Gasteiger partial charge on any atom is 0.00957 e. The van der Waals surface area contributed by atoms with Crippen molar-refractivity contribution >= 4 is 11.3 Å². The molecule has 0 radical (unpaired) electrons. The summed E-state index contributed by atoms with van der Waals surface area (Å²) >= 11 is 2.01. The minimum Gasteiger partial charge on any atom is -0.317 e. The number of nitrogens with one attached hydrogen (secondary N) is 1. The molecule has 2 rings (SSSR count). The Morgan fingerprint density at radius 2 is 2.00 bits per heavy atom. The maximum atomic E-state index is 3.50. The van der Waals surface area contributed by atoms with Gasteiger partial charge in [0.25, 0.3) is 0 Å². The van der Waals surface area contributed by atoms with Crippen LogP contribution < -0.4 is 5.32 Å². The normalized spacial score (nSPS) is 25.9. The number of thiophene rings is 1. The largest absolute Gasteiger partial charge is 0.317 e. The predicted molar refractivity (Wildman–Crippen MR) is 72.2 cm³/mol. The Hall–Kier alpha value is -0.340. The number of rotatable bonds is 4. The van der Waals surface area contributed by atoms with Gasteiger partial charge < -0.3 is 5.32 Å². The van der Waals surface area contributed by atoms with E-state index in [0.717, 1.165) is 12.0 Å². The first-order valence-corrected chi connectivity index (χ1v) is 7.40. The average molecular weight is 237 g/mol. The van der Waals surface area contributed by atoms with Gasteiger partial charge in [-0.3, -0.25) is 0 Å². The van der Waals surface area contributed by atoms with Crippen molar-refractivity contribution in [3.63, 3.8) is 0 Å². The molecule has 1 N–H and O–H groups in total. The highest BCUT2D eigenvalue weighted by atomic mass is 32.1. The molecule has 1 saturated carbocycles. The van der Waals surface area contributed by atoms with E-state index in [1.807, 2.05) is 11.3 Å². The summed E-state index contributed by atoms with van der Waals surface area (Å²) in [6, 6.07) is 5.39. The van der Waals surface area contributed by atoms with Gasteiger partial charge in [-0.05, 0) is 50.8 Å². The standard InChI is InChI=1S/C14H23NS/c1-3-12-8-9-13(16-12)10-11-6-4-5-7-14(11)15-2/h8-9,11,14-15H,3-7,10H2,1-2H3. The zero-order valence-electron chi connectivity index (χ0n) is 10.5. The second-order valence-electron chi connectivity index (χ2n) is 4.87. The third-order valence-electron chi connectivity index (χ3n) is 3.81. The van der Waals surface area contributed by atoms with Gasteiger partial charge >= 0.3 is 0 Å². The molecule has 0 spiro atoms. The lowest BCUT2D eigenvalue weighted by Crippen LogP contribution is -2.37. The second-order valence-corrected chi connectivity index (χ2v) is 6.12. The van der Waals surface area contributed by atoms with E-state index in [2.05, 4.69) is 31.4 Å². The van der Waals surface area contributed by atoms with Crippen LogP contribution >= 0.6 is 11.3 Å². The van der Waals surface area contributed by atoms with Crippen molar-refractivity contribution in [3.05, 3.63) is 21.9 Å². The molecule has 1 aromatic heterocycles. The maximum absolute atomic E-state index is 3.50. The van der Waals surface area contributed by atoms with Crippen molar-refractivity contribution in [1.82, 2.24) is 5.32 Å². The first-order valence-electron chi connectivity index (χ1n) is 6.58. The van der Waals surface area contributed by atoms with E-state index < -0.39 is 0 Å². The highest BCUT2D eigenvalue weighted by molar-refractivity contribution is 7.11. The van der Waals surface area contributed by atoms with Crippen molar-refractivity contribution in [2.45, 2.75) is 51.5 Å². The number of hydrogen-bond donors (Lipinski definition) is 1. The van der Waals surface area contributed by atoms with Crippen LogP contribution in [0.3, 0.4) is 0 Å². The summed E-state index contributed by atoms with van der Waals surface area (Å²) in [5, 5.41) is 3.50. The molecule has 0 bridgehead atoms. The fraction of sp³-hybridized carbons (Fsp3) is 0.714. The zero-order valence-corrected chi connectivity index (χ0v) is 11.3. The summed E-state index contributed by atoms with van der Waals surface area (Å²) < 4.78 is 0. The van der Waals surface area contributed by atoms with E-state index in [1.165, 1.54) is 43.4 Å². The molecule has 0 aliphatic heterocycles. The molecular formula is C14H23NS. The topological polar surface area (TPSA) is 12.0 Å². The Morgan fingerprint density at radius 1 is 1.25 bits per heavy atom. The first kappa shape index (κ1) is 12.1. The summed E-state index contributed by atoms with van der Waals surface area (Å²) in [4.78, 5) is 3.12. The van der Waals surface area contributed by atoms with Gasteiger partial charge in [0.2, 0.25) is 0 Å². The molecule has 90 valence electrons. The van der Waals surface area contributed by atoms with Crippen molar-refractivity contribution in [1.29, 1.82) is 0 Å². The van der Waals surface area contributed by atoms with Gasteiger partial charge in [-0.1, -0.05) is 19.8 Å². The van der Waals surface area contributed by atoms with Gasteiger partial charge in [0, 0.05) is 15.8 Å². The van der Waals surface area contributed by atoms with Gasteiger partial charge in [-0.15, -0.1) is 11.3 Å². The van der Waals surface area contributed by atoms with Gasteiger partial charge in [-0.2, -0.15) is 0 Å². The third-order valence-corrected chi connectivity index (χ3v) is 5.06. The minimum absolute atomic E-state index is 0.751. The second kappa shape index (κ2) is 5.83. The van der Waals surface area contributed by atoms with E-state index in [1.54, 1.807) is 4.88 Å². The highest BCUT2D eigenvalue weighted by Crippen LogP contribution is 2.29. The average Bonchev–Trinajstić information content (AvgIpc) is 2.77. The molecular weight excluding hydrogens is 214 g/mol. The molecule has 2 atom stereocenters. The van der Waals surface area contributed by atoms with Crippen LogP contribution in [0.15, 0.2) is 12.1 Å². The van der Waals surface area contributed by atoms with Gasteiger partial charge in [-0.25, -0.2) is 0 Å². The molecule has 2 heteroatoms. The molecule has 1 aliphatic carbocycles. The van der Waals surface area contributed by atoms with E-state index in [9.17, 15) is 0 Å². The van der Waals surface area contributed by atoms with Crippen LogP contribution in [0.25, 0.3) is 0 Å². The van der Waals surface area contributed by atoms with E-state index in [-0.39, 0.29) is 0 Å². The van der Waals surface area contributed by atoms with Crippen LogP contribution in [0.5, 0.6) is 0 Å². The van der Waals surface area contributed by atoms with Crippen molar-refractivity contribution in [3.8, 4) is 0 Å². The number of aryl methyl sites for hydroxylation is 1. The Labute approximate surface area is 103 Å². The molecule has 0 amide bonds. The molecule has 0 aromatic carbocycles. The van der Waals surface area contributed by atoms with Gasteiger partial charge in [0.05, 0.1) is 0 Å².